The quantitative estimate of drug-likeness (QED) is 0.125. The van der Waals surface area contributed by atoms with Gasteiger partial charge in [0, 0.05) is 46.2 Å². The Hall–Kier alpha value is -5.62. The molecule has 40 heavy (non-hydrogen) atoms. The van der Waals surface area contributed by atoms with E-state index >= 15 is 0 Å². The van der Waals surface area contributed by atoms with E-state index in [0.29, 0.717) is 17.1 Å². The molecule has 1 heterocycles. The van der Waals surface area contributed by atoms with Gasteiger partial charge < -0.3 is 27.4 Å². The number of hydrogen-bond donors (Lipinski definition) is 5. The number of carbonyl (C=O) groups excluding carboxylic acids is 1. The van der Waals surface area contributed by atoms with Crippen LogP contribution in [-0.4, -0.2) is 22.1 Å². The summed E-state index contributed by atoms with van der Waals surface area (Å²) in [5.41, 5.74) is 16.5. The van der Waals surface area contributed by atoms with Crippen molar-refractivity contribution in [2.45, 2.75) is 20.8 Å². The number of nitrogens with zero attached hydrogens (tertiary/aromatic N) is 3. The fourth-order valence-electron chi connectivity index (χ4n) is 3.46. The summed E-state index contributed by atoms with van der Waals surface area (Å²) in [6.07, 6.45) is 9.75. The molecule has 204 valence electrons. The molecule has 0 fully saturated rings. The average Bonchev–Trinajstić information content (AvgIpc) is 2.96. The third-order valence-corrected chi connectivity index (χ3v) is 5.12. The van der Waals surface area contributed by atoms with Crippen molar-refractivity contribution < 1.29 is 4.79 Å². The highest BCUT2D eigenvalue weighted by atomic mass is 16.1. The largest absolute Gasteiger partial charge is 0.383 e. The first kappa shape index (κ1) is 30.6. The number of nitrogens with two attached hydrogens (primary N) is 2. The number of aliphatic imine (C=N–C) groups is 1. The minimum Gasteiger partial charge on any atom is -0.383 e. The second kappa shape index (κ2) is 15.6. The summed E-state index contributed by atoms with van der Waals surface area (Å²) in [7, 11) is 0. The van der Waals surface area contributed by atoms with Crippen LogP contribution in [0.5, 0.6) is 0 Å². The second-order valence-corrected chi connectivity index (χ2v) is 7.78. The highest BCUT2D eigenvalue weighted by molar-refractivity contribution is 6.04. The predicted molar refractivity (Wildman–Crippen MR) is 169 cm³/mol. The molecular weight excluding hydrogens is 500 g/mol. The smallest absolute Gasteiger partial charge is 0.255 e. The SMILES string of the molecule is C#C.C=C(Nc1ccc(NC(=O)c2ccc(Nc3cc(N)nc(N)n3)cc2)cc1)c1ccccc1N=CC.CC. The minimum absolute atomic E-state index is 0.0782. The molecule has 0 aliphatic heterocycles. The van der Waals surface area contributed by atoms with Crippen LogP contribution in [0.25, 0.3) is 5.70 Å². The Kier molecular flexibility index (Phi) is 11.9. The Morgan fingerprint density at radius 1 is 0.875 bits per heavy atom. The molecule has 7 N–H and O–H groups in total. The molecule has 3 aromatic carbocycles. The molecule has 9 heteroatoms. The first-order valence-electron chi connectivity index (χ1n) is 12.5. The van der Waals surface area contributed by atoms with Crippen LogP contribution in [0.4, 0.5) is 40.3 Å². The summed E-state index contributed by atoms with van der Waals surface area (Å²) in [5, 5.41) is 9.27. The van der Waals surface area contributed by atoms with Gasteiger partial charge in [0.15, 0.2) is 0 Å². The zero-order chi connectivity index (χ0) is 29.5. The Bertz CT molecular complexity index is 1440. The summed E-state index contributed by atoms with van der Waals surface area (Å²) < 4.78 is 0. The summed E-state index contributed by atoms with van der Waals surface area (Å²) >= 11 is 0. The Balaban J connectivity index is 0.00000134. The second-order valence-electron chi connectivity index (χ2n) is 7.78. The number of aromatic nitrogens is 2. The third-order valence-electron chi connectivity index (χ3n) is 5.12. The van der Waals surface area contributed by atoms with Gasteiger partial charge in [-0.1, -0.05) is 38.6 Å². The molecule has 0 aliphatic rings. The molecule has 1 aromatic heterocycles. The summed E-state index contributed by atoms with van der Waals surface area (Å²) in [4.78, 5) is 25.0. The van der Waals surface area contributed by atoms with Gasteiger partial charge in [0.25, 0.3) is 5.91 Å². The highest BCUT2D eigenvalue weighted by Crippen LogP contribution is 2.27. The molecule has 0 saturated carbocycles. The molecule has 0 radical (unpaired) electrons. The molecule has 1 amide bonds. The average molecular weight is 535 g/mol. The van der Waals surface area contributed by atoms with Crippen molar-refractivity contribution >= 4 is 58.2 Å². The van der Waals surface area contributed by atoms with Crippen LogP contribution in [-0.2, 0) is 0 Å². The van der Waals surface area contributed by atoms with Crippen molar-refractivity contribution in [1.82, 2.24) is 9.97 Å². The molecule has 4 aromatic rings. The lowest BCUT2D eigenvalue weighted by molar-refractivity contribution is 0.102. The first-order valence-corrected chi connectivity index (χ1v) is 12.5. The summed E-state index contributed by atoms with van der Waals surface area (Å²) in [5.74, 6) is 0.584. The van der Waals surface area contributed by atoms with E-state index in [1.165, 1.54) is 0 Å². The van der Waals surface area contributed by atoms with Crippen LogP contribution in [0.2, 0.25) is 0 Å². The van der Waals surface area contributed by atoms with E-state index < -0.39 is 0 Å². The van der Waals surface area contributed by atoms with E-state index in [9.17, 15) is 4.79 Å². The van der Waals surface area contributed by atoms with E-state index in [-0.39, 0.29) is 17.7 Å². The van der Waals surface area contributed by atoms with Crippen LogP contribution < -0.4 is 27.4 Å². The molecule has 0 aliphatic carbocycles. The van der Waals surface area contributed by atoms with Crippen molar-refractivity contribution in [3.63, 3.8) is 0 Å². The normalized spacial score (nSPS) is 9.82. The first-order chi connectivity index (χ1) is 19.4. The number of terminal acetylenes is 1. The van der Waals surface area contributed by atoms with E-state index in [4.69, 9.17) is 11.5 Å². The molecular formula is C31H34N8O. The monoisotopic (exact) mass is 534 g/mol. The van der Waals surface area contributed by atoms with Crippen LogP contribution in [0.15, 0.2) is 90.4 Å². The molecule has 0 unspecified atom stereocenters. The number of rotatable bonds is 8. The van der Waals surface area contributed by atoms with Gasteiger partial charge in [-0.3, -0.25) is 9.79 Å². The van der Waals surface area contributed by atoms with Gasteiger partial charge in [0.2, 0.25) is 5.95 Å². The fraction of sp³-hybridized carbons (Fsp3) is 0.0968. The molecule has 0 atom stereocenters. The zero-order valence-electron chi connectivity index (χ0n) is 22.8. The number of amides is 1. The van der Waals surface area contributed by atoms with Crippen LogP contribution in [0, 0.1) is 12.8 Å². The van der Waals surface area contributed by atoms with E-state index in [1.54, 1.807) is 36.5 Å². The number of nitrogens with one attached hydrogen (secondary N) is 3. The predicted octanol–water partition coefficient (Wildman–Crippen LogP) is 6.72. The maximum Gasteiger partial charge on any atom is 0.255 e. The zero-order valence-corrected chi connectivity index (χ0v) is 22.8. The molecule has 4 rings (SSSR count). The highest BCUT2D eigenvalue weighted by Gasteiger charge is 2.08. The topological polar surface area (TPSA) is 143 Å². The molecule has 0 bridgehead atoms. The fourth-order valence-corrected chi connectivity index (χ4v) is 3.46. The number of anilines is 6. The Morgan fingerprint density at radius 3 is 2.05 bits per heavy atom. The molecule has 0 spiro atoms. The molecule has 9 nitrogen and oxygen atoms in total. The van der Waals surface area contributed by atoms with Gasteiger partial charge in [0.05, 0.1) is 5.69 Å². The standard InChI is InChI=1S/C27H26N8O.C2H6.C2H2/c1-3-30-23-7-5-4-6-22(23)17(2)31-19-12-14-21(15-13-19)33-26(36)18-8-10-20(11-9-18)32-25-16-24(28)34-27(29)35-25;2*1-2/h3-16,31H,2H2,1H3,(H,33,36)(H5,28,29,32,34,35);1-2H3;1-2H. The lowest BCUT2D eigenvalue weighted by Gasteiger charge is -2.13. The number of hydrogen-bond acceptors (Lipinski definition) is 8. The van der Waals surface area contributed by atoms with E-state index in [0.717, 1.165) is 28.3 Å². The summed E-state index contributed by atoms with van der Waals surface area (Å²) in [6.45, 7) is 10.0. The Labute approximate surface area is 235 Å². The lowest BCUT2D eigenvalue weighted by Crippen LogP contribution is -2.11. The van der Waals surface area contributed by atoms with E-state index in [1.807, 2.05) is 69.3 Å². The van der Waals surface area contributed by atoms with Gasteiger partial charge in [0.1, 0.15) is 11.6 Å². The van der Waals surface area contributed by atoms with Crippen molar-refractivity contribution in [2.24, 2.45) is 4.99 Å². The van der Waals surface area contributed by atoms with Crippen molar-refractivity contribution in [1.29, 1.82) is 0 Å². The van der Waals surface area contributed by atoms with Crippen molar-refractivity contribution in [3.8, 4) is 12.8 Å². The van der Waals surface area contributed by atoms with Gasteiger partial charge in [-0.15, -0.1) is 12.8 Å². The number of carbonyl (C=O) groups is 1. The molecule has 0 saturated heterocycles. The minimum atomic E-state index is -0.228. The lowest BCUT2D eigenvalue weighted by atomic mass is 10.1. The Morgan fingerprint density at radius 2 is 1.45 bits per heavy atom. The van der Waals surface area contributed by atoms with Gasteiger partial charge in [-0.05, 0) is 61.5 Å². The van der Waals surface area contributed by atoms with E-state index in [2.05, 4.69) is 50.3 Å². The van der Waals surface area contributed by atoms with Gasteiger partial charge in [-0.2, -0.15) is 9.97 Å². The van der Waals surface area contributed by atoms with Crippen LogP contribution >= 0.6 is 0 Å². The van der Waals surface area contributed by atoms with Gasteiger partial charge in [-0.25, -0.2) is 0 Å². The van der Waals surface area contributed by atoms with Crippen LogP contribution in [0.3, 0.4) is 0 Å². The summed E-state index contributed by atoms with van der Waals surface area (Å²) in [6, 6.07) is 23.7. The van der Waals surface area contributed by atoms with Crippen molar-refractivity contribution in [3.05, 3.63) is 96.6 Å². The maximum absolute atomic E-state index is 12.7. The maximum atomic E-state index is 12.7. The number of nitrogen functional groups attached to an aromatic ring is 2. The van der Waals surface area contributed by atoms with Crippen LogP contribution in [0.1, 0.15) is 36.7 Å². The van der Waals surface area contributed by atoms with Gasteiger partial charge >= 0.3 is 0 Å². The van der Waals surface area contributed by atoms with Crippen molar-refractivity contribution in [2.75, 3.05) is 27.4 Å². The number of para-hydroxylation sites is 1. The number of benzene rings is 3. The third kappa shape index (κ3) is 8.75.